The summed E-state index contributed by atoms with van der Waals surface area (Å²) in [5, 5.41) is 16.8. The second kappa shape index (κ2) is 6.03. The molecule has 144 valence electrons. The van der Waals surface area contributed by atoms with Crippen molar-refractivity contribution in [1.29, 1.82) is 0 Å². The zero-order chi connectivity index (χ0) is 19.4. The molecule has 2 saturated heterocycles. The Morgan fingerprint density at radius 1 is 1.26 bits per heavy atom. The van der Waals surface area contributed by atoms with Crippen LogP contribution in [0.2, 0.25) is 0 Å². The Balaban J connectivity index is 1.99. The van der Waals surface area contributed by atoms with Crippen LogP contribution in [0.4, 0.5) is 4.79 Å². The molecule has 2 heterocycles. The van der Waals surface area contributed by atoms with Crippen LogP contribution in [0.1, 0.15) is 35.2 Å². The summed E-state index contributed by atoms with van der Waals surface area (Å²) in [6, 6.07) is 3.82. The van der Waals surface area contributed by atoms with E-state index in [1.807, 2.05) is 11.9 Å². The van der Waals surface area contributed by atoms with Crippen LogP contribution in [0.25, 0.3) is 0 Å². The fourth-order valence-electron chi connectivity index (χ4n) is 5.10. The molecule has 2 aliphatic heterocycles. The van der Waals surface area contributed by atoms with Gasteiger partial charge in [0, 0.05) is 23.9 Å². The van der Waals surface area contributed by atoms with Gasteiger partial charge in [0.1, 0.15) is 11.8 Å². The van der Waals surface area contributed by atoms with Gasteiger partial charge in [-0.1, -0.05) is 0 Å². The predicted octanol–water partition coefficient (Wildman–Crippen LogP) is 0.184. The highest BCUT2D eigenvalue weighted by Crippen LogP contribution is 2.55. The van der Waals surface area contributed by atoms with Crippen molar-refractivity contribution < 1.29 is 24.2 Å². The van der Waals surface area contributed by atoms with Crippen LogP contribution in [0.15, 0.2) is 18.2 Å². The summed E-state index contributed by atoms with van der Waals surface area (Å²) in [5.74, 6) is -0.0802. The van der Waals surface area contributed by atoms with Gasteiger partial charge in [0.05, 0.1) is 12.7 Å². The fourth-order valence-corrected chi connectivity index (χ4v) is 5.10. The van der Waals surface area contributed by atoms with E-state index in [0.29, 0.717) is 29.8 Å². The van der Waals surface area contributed by atoms with Gasteiger partial charge in [0.2, 0.25) is 5.91 Å². The summed E-state index contributed by atoms with van der Waals surface area (Å²) in [6.45, 7) is 0.721. The van der Waals surface area contributed by atoms with Gasteiger partial charge >= 0.3 is 6.03 Å². The monoisotopic (exact) mass is 373 g/mol. The summed E-state index contributed by atoms with van der Waals surface area (Å²) < 4.78 is 5.34. The largest absolute Gasteiger partial charge is 0.497 e. The maximum Gasteiger partial charge on any atom is 0.321 e. The van der Waals surface area contributed by atoms with Crippen LogP contribution in [-0.4, -0.2) is 66.6 Å². The third-order valence-electron chi connectivity index (χ3n) is 6.38. The highest BCUT2D eigenvalue weighted by atomic mass is 16.5. The molecule has 4 rings (SSSR count). The molecule has 8 nitrogen and oxygen atoms in total. The number of aliphatic hydroxyl groups is 1. The maximum absolute atomic E-state index is 13.3. The number of imide groups is 1. The Kier molecular flexibility index (Phi) is 4.01. The Hall–Kier alpha value is -2.45. The number of ether oxygens (including phenoxy) is 1. The number of likely N-dealkylation sites (N-methyl/N-ethyl adjacent to an activating group) is 1. The smallest absolute Gasteiger partial charge is 0.321 e. The second-order valence-electron chi connectivity index (χ2n) is 7.65. The average Bonchev–Trinajstić information content (AvgIpc) is 2.67. The molecule has 0 spiro atoms. The topological polar surface area (TPSA) is 108 Å². The lowest BCUT2D eigenvalue weighted by atomic mass is 9.52. The van der Waals surface area contributed by atoms with Crippen molar-refractivity contribution in [1.82, 2.24) is 15.5 Å². The van der Waals surface area contributed by atoms with E-state index in [-0.39, 0.29) is 25.2 Å². The highest BCUT2D eigenvalue weighted by molar-refractivity contribution is 6.05. The molecule has 8 heteroatoms. The van der Waals surface area contributed by atoms with E-state index in [1.165, 1.54) is 7.11 Å². The van der Waals surface area contributed by atoms with E-state index in [1.54, 1.807) is 18.2 Å². The summed E-state index contributed by atoms with van der Waals surface area (Å²) >= 11 is 0. The Labute approximate surface area is 156 Å². The molecule has 27 heavy (non-hydrogen) atoms. The predicted molar refractivity (Wildman–Crippen MR) is 95.8 cm³/mol. The molecule has 0 unspecified atom stereocenters. The maximum atomic E-state index is 13.3. The molecular formula is C19H23N3O5. The number of methoxy groups -OCH3 is 1. The number of nitrogens with one attached hydrogen (secondary N) is 2. The number of amides is 3. The summed E-state index contributed by atoms with van der Waals surface area (Å²) in [4.78, 5) is 39.6. The van der Waals surface area contributed by atoms with E-state index in [9.17, 15) is 19.5 Å². The standard InChI is InChI=1S/C19H23N3O5/c1-22-8-6-18-10-14(23)21-17(25)20-7-5-19(18,26)16(22)15(24)12-4-3-11(27-2)9-13(12)18/h3-4,9,16,26H,5-8,10H2,1-2H3,(H2,20,21,23,25)/t16-,18-,19-/m1/s1. The Morgan fingerprint density at radius 2 is 2.04 bits per heavy atom. The van der Waals surface area contributed by atoms with Crippen LogP contribution in [-0.2, 0) is 10.2 Å². The number of rotatable bonds is 1. The van der Waals surface area contributed by atoms with Gasteiger partial charge in [-0.05, 0) is 50.2 Å². The minimum absolute atomic E-state index is 0.0747. The fraction of sp³-hybridized carbons (Fsp3) is 0.526. The normalized spacial score (nSPS) is 33.6. The van der Waals surface area contributed by atoms with Crippen molar-refractivity contribution in [3.05, 3.63) is 29.3 Å². The number of carbonyl (C=O) groups is 3. The van der Waals surface area contributed by atoms with Crippen LogP contribution in [0.5, 0.6) is 5.75 Å². The lowest BCUT2D eigenvalue weighted by molar-refractivity contribution is -0.143. The molecule has 1 aromatic rings. The molecule has 0 radical (unpaired) electrons. The Morgan fingerprint density at radius 3 is 2.78 bits per heavy atom. The number of piperidine rings is 1. The lowest BCUT2D eigenvalue weighted by Gasteiger charge is -2.60. The number of fused-ring (bicyclic) bond motifs is 1. The summed E-state index contributed by atoms with van der Waals surface area (Å²) in [7, 11) is 3.34. The van der Waals surface area contributed by atoms with Crippen LogP contribution in [0, 0.1) is 0 Å². The first-order chi connectivity index (χ1) is 12.8. The zero-order valence-corrected chi connectivity index (χ0v) is 15.4. The van der Waals surface area contributed by atoms with Crippen LogP contribution in [0.3, 0.4) is 0 Å². The number of hydrogen-bond acceptors (Lipinski definition) is 6. The number of hydrogen-bond donors (Lipinski definition) is 3. The van der Waals surface area contributed by atoms with Crippen molar-refractivity contribution in [2.24, 2.45) is 0 Å². The summed E-state index contributed by atoms with van der Waals surface area (Å²) in [6.07, 6.45) is 0.589. The molecule has 1 aromatic carbocycles. The van der Waals surface area contributed by atoms with Crippen LogP contribution >= 0.6 is 0 Å². The van der Waals surface area contributed by atoms with Crippen LogP contribution < -0.4 is 15.4 Å². The van der Waals surface area contributed by atoms with Crippen molar-refractivity contribution >= 4 is 17.7 Å². The van der Waals surface area contributed by atoms with Gasteiger partial charge in [-0.15, -0.1) is 0 Å². The number of urea groups is 1. The van der Waals surface area contributed by atoms with E-state index >= 15 is 0 Å². The number of likely N-dealkylation sites (tertiary alicyclic amines) is 1. The second-order valence-corrected chi connectivity index (χ2v) is 7.65. The van der Waals surface area contributed by atoms with E-state index in [4.69, 9.17) is 4.74 Å². The number of Topliss-reactive ketones (excluding diaryl/α,β-unsaturated/α-hetero) is 1. The molecule has 2 bridgehead atoms. The first-order valence-electron chi connectivity index (χ1n) is 9.05. The third kappa shape index (κ3) is 2.40. The van der Waals surface area contributed by atoms with Crippen molar-refractivity contribution in [3.8, 4) is 5.75 Å². The molecule has 3 aliphatic rings. The highest BCUT2D eigenvalue weighted by Gasteiger charge is 2.65. The number of ketones is 1. The minimum atomic E-state index is -1.48. The van der Waals surface area contributed by atoms with Gasteiger partial charge in [0.25, 0.3) is 0 Å². The SMILES string of the molecule is COc1ccc2c(c1)[C@]13CCN(C)[C@H](C2=O)[C@]1(O)CCNC(=O)NC(=O)C3. The van der Waals surface area contributed by atoms with E-state index in [2.05, 4.69) is 10.6 Å². The van der Waals surface area contributed by atoms with Crippen molar-refractivity contribution in [3.63, 3.8) is 0 Å². The van der Waals surface area contributed by atoms with Crippen molar-refractivity contribution in [2.45, 2.75) is 36.3 Å². The molecule has 3 N–H and O–H groups in total. The van der Waals surface area contributed by atoms with Gasteiger partial charge in [-0.3, -0.25) is 19.8 Å². The molecule has 0 saturated carbocycles. The molecule has 0 aromatic heterocycles. The molecule has 3 atom stereocenters. The average molecular weight is 373 g/mol. The third-order valence-corrected chi connectivity index (χ3v) is 6.38. The first kappa shape index (κ1) is 17.9. The minimum Gasteiger partial charge on any atom is -0.497 e. The molecule has 2 fully saturated rings. The van der Waals surface area contributed by atoms with Crippen molar-refractivity contribution in [2.75, 3.05) is 27.2 Å². The van der Waals surface area contributed by atoms with E-state index in [0.717, 1.165) is 0 Å². The molecular weight excluding hydrogens is 350 g/mol. The molecule has 3 amide bonds. The number of carbonyl (C=O) groups excluding carboxylic acids is 3. The van der Waals surface area contributed by atoms with Gasteiger partial charge in [-0.25, -0.2) is 4.79 Å². The van der Waals surface area contributed by atoms with Gasteiger partial charge in [-0.2, -0.15) is 0 Å². The zero-order valence-electron chi connectivity index (χ0n) is 15.4. The number of nitrogens with zero attached hydrogens (tertiary/aromatic N) is 1. The van der Waals surface area contributed by atoms with Gasteiger partial charge < -0.3 is 15.2 Å². The molecule has 1 aliphatic carbocycles. The van der Waals surface area contributed by atoms with Gasteiger partial charge in [0.15, 0.2) is 5.78 Å². The number of benzene rings is 1. The first-order valence-corrected chi connectivity index (χ1v) is 9.05. The summed E-state index contributed by atoms with van der Waals surface area (Å²) in [5.41, 5.74) is -1.32. The van der Waals surface area contributed by atoms with E-state index < -0.39 is 29.0 Å². The Bertz CT molecular complexity index is 841. The lowest BCUT2D eigenvalue weighted by Crippen LogP contribution is -2.73. The quantitative estimate of drug-likeness (QED) is 0.648.